The molecule has 0 aromatic carbocycles. The minimum atomic E-state index is -0.319. The molecular formula is C15H26N2OS. The van der Waals surface area contributed by atoms with Crippen molar-refractivity contribution >= 4 is 17.7 Å². The minimum Gasteiger partial charge on any atom is -0.349 e. The second-order valence-electron chi connectivity index (χ2n) is 7.08. The largest absolute Gasteiger partial charge is 0.349 e. The number of hydrogen-bond donors (Lipinski definition) is 2. The van der Waals surface area contributed by atoms with Crippen molar-refractivity contribution in [3.63, 3.8) is 0 Å². The summed E-state index contributed by atoms with van der Waals surface area (Å²) in [6.07, 6.45) is 10.7. The van der Waals surface area contributed by atoms with Crippen molar-refractivity contribution in [1.82, 2.24) is 5.32 Å². The third kappa shape index (κ3) is 2.80. The van der Waals surface area contributed by atoms with Crippen molar-refractivity contribution in [2.75, 3.05) is 12.0 Å². The Bertz CT molecular complexity index is 323. The molecule has 4 saturated carbocycles. The molecule has 4 aliphatic rings. The van der Waals surface area contributed by atoms with E-state index in [2.05, 4.69) is 11.6 Å². The fourth-order valence-electron chi connectivity index (χ4n) is 4.99. The maximum absolute atomic E-state index is 12.3. The fraction of sp³-hybridized carbons (Fsp3) is 0.933. The van der Waals surface area contributed by atoms with Gasteiger partial charge in [0.2, 0.25) is 5.91 Å². The van der Waals surface area contributed by atoms with E-state index >= 15 is 0 Å². The second kappa shape index (κ2) is 5.28. The topological polar surface area (TPSA) is 55.1 Å². The Hall–Kier alpha value is -0.220. The lowest BCUT2D eigenvalue weighted by Gasteiger charge is -2.57. The van der Waals surface area contributed by atoms with E-state index in [1.165, 1.54) is 38.5 Å². The molecule has 0 unspecified atom stereocenters. The number of carbonyl (C=O) groups is 1. The Labute approximate surface area is 120 Å². The van der Waals surface area contributed by atoms with Gasteiger partial charge in [-0.3, -0.25) is 4.79 Å². The number of rotatable bonds is 5. The summed E-state index contributed by atoms with van der Waals surface area (Å²) >= 11 is 1.76. The van der Waals surface area contributed by atoms with E-state index in [9.17, 15) is 4.79 Å². The standard InChI is InChI=1S/C15H26N2OS/c1-19-3-2-13(16)14(18)17-15-7-10-4-11(8-15)6-12(5-10)9-15/h10-13H,2-9,16H2,1H3,(H,17,18)/t10?,11?,12?,13-,15?/m0/s1. The van der Waals surface area contributed by atoms with Crippen LogP contribution in [0.25, 0.3) is 0 Å². The zero-order chi connectivity index (χ0) is 13.5. The Morgan fingerprint density at radius 2 is 1.79 bits per heavy atom. The van der Waals surface area contributed by atoms with E-state index in [4.69, 9.17) is 5.73 Å². The van der Waals surface area contributed by atoms with Gasteiger partial charge in [-0.25, -0.2) is 0 Å². The SMILES string of the molecule is CSCC[C@H](N)C(=O)NC12CC3CC(CC(C3)C1)C2. The molecule has 0 radical (unpaired) electrons. The Balaban J connectivity index is 1.61. The van der Waals surface area contributed by atoms with Crippen LogP contribution in [0.5, 0.6) is 0 Å². The predicted octanol–water partition coefficient (Wildman–Crippen LogP) is 2.15. The molecule has 0 aromatic rings. The van der Waals surface area contributed by atoms with Gasteiger partial charge in [0.15, 0.2) is 0 Å². The minimum absolute atomic E-state index is 0.0935. The van der Waals surface area contributed by atoms with Crippen LogP contribution in [-0.2, 0) is 4.79 Å². The molecule has 0 aromatic heterocycles. The summed E-state index contributed by atoms with van der Waals surface area (Å²) in [5.74, 6) is 3.67. The second-order valence-corrected chi connectivity index (χ2v) is 8.06. The van der Waals surface area contributed by atoms with E-state index in [1.807, 2.05) is 0 Å². The summed E-state index contributed by atoms with van der Waals surface area (Å²) in [7, 11) is 0. The van der Waals surface area contributed by atoms with E-state index in [-0.39, 0.29) is 17.5 Å². The third-order valence-corrected chi connectivity index (χ3v) is 6.04. The van der Waals surface area contributed by atoms with E-state index < -0.39 is 0 Å². The van der Waals surface area contributed by atoms with Crippen LogP contribution in [0.15, 0.2) is 0 Å². The van der Waals surface area contributed by atoms with Gasteiger partial charge in [-0.05, 0) is 74.7 Å². The lowest BCUT2D eigenvalue weighted by molar-refractivity contribution is -0.128. The van der Waals surface area contributed by atoms with Gasteiger partial charge in [0.25, 0.3) is 0 Å². The first-order valence-corrected chi connectivity index (χ1v) is 9.06. The number of carbonyl (C=O) groups excluding carboxylic acids is 1. The van der Waals surface area contributed by atoms with Crippen LogP contribution < -0.4 is 11.1 Å². The molecule has 1 atom stereocenters. The number of hydrogen-bond acceptors (Lipinski definition) is 3. The highest BCUT2D eigenvalue weighted by atomic mass is 32.2. The summed E-state index contributed by atoms with van der Waals surface area (Å²) in [6.45, 7) is 0. The Kier molecular flexibility index (Phi) is 3.82. The van der Waals surface area contributed by atoms with Gasteiger partial charge in [0.1, 0.15) is 0 Å². The molecule has 19 heavy (non-hydrogen) atoms. The van der Waals surface area contributed by atoms with Crippen LogP contribution in [0.1, 0.15) is 44.9 Å². The van der Waals surface area contributed by atoms with Gasteiger partial charge in [-0.2, -0.15) is 11.8 Å². The molecule has 3 N–H and O–H groups in total. The molecule has 4 rings (SSSR count). The van der Waals surface area contributed by atoms with E-state index in [1.54, 1.807) is 11.8 Å². The van der Waals surface area contributed by atoms with E-state index in [0.29, 0.717) is 0 Å². The van der Waals surface area contributed by atoms with Crippen molar-refractivity contribution in [2.24, 2.45) is 23.5 Å². The summed E-state index contributed by atoms with van der Waals surface area (Å²) in [5, 5.41) is 3.36. The van der Waals surface area contributed by atoms with Crippen LogP contribution in [-0.4, -0.2) is 29.5 Å². The highest BCUT2D eigenvalue weighted by molar-refractivity contribution is 7.98. The molecule has 3 nitrogen and oxygen atoms in total. The maximum Gasteiger partial charge on any atom is 0.237 e. The van der Waals surface area contributed by atoms with Crippen molar-refractivity contribution in [3.8, 4) is 0 Å². The molecule has 0 saturated heterocycles. The monoisotopic (exact) mass is 282 g/mol. The molecule has 4 heteroatoms. The van der Waals surface area contributed by atoms with Crippen molar-refractivity contribution in [2.45, 2.75) is 56.5 Å². The molecule has 1 amide bonds. The smallest absolute Gasteiger partial charge is 0.237 e. The van der Waals surface area contributed by atoms with Gasteiger partial charge in [-0.15, -0.1) is 0 Å². The average molecular weight is 282 g/mol. The Morgan fingerprint density at radius 1 is 1.26 bits per heavy atom. The van der Waals surface area contributed by atoms with Gasteiger partial charge in [0, 0.05) is 5.54 Å². The summed E-state index contributed by atoms with van der Waals surface area (Å²) in [4.78, 5) is 12.3. The van der Waals surface area contributed by atoms with Gasteiger partial charge >= 0.3 is 0 Å². The van der Waals surface area contributed by atoms with Crippen LogP contribution in [0, 0.1) is 17.8 Å². The third-order valence-electron chi connectivity index (χ3n) is 5.40. The highest BCUT2D eigenvalue weighted by Gasteiger charge is 2.51. The predicted molar refractivity (Wildman–Crippen MR) is 80.0 cm³/mol. The lowest BCUT2D eigenvalue weighted by Crippen LogP contribution is -2.62. The summed E-state index contributed by atoms with van der Waals surface area (Å²) in [5.41, 5.74) is 6.12. The van der Waals surface area contributed by atoms with Crippen molar-refractivity contribution in [1.29, 1.82) is 0 Å². The van der Waals surface area contributed by atoms with E-state index in [0.717, 1.165) is 29.9 Å². The zero-order valence-corrected chi connectivity index (χ0v) is 12.7. The first-order valence-electron chi connectivity index (χ1n) is 7.67. The van der Waals surface area contributed by atoms with Crippen LogP contribution in [0.4, 0.5) is 0 Å². The molecule has 0 heterocycles. The van der Waals surface area contributed by atoms with Crippen molar-refractivity contribution in [3.05, 3.63) is 0 Å². The zero-order valence-electron chi connectivity index (χ0n) is 11.9. The molecule has 0 aliphatic heterocycles. The highest BCUT2D eigenvalue weighted by Crippen LogP contribution is 2.55. The molecule has 4 aliphatic carbocycles. The first kappa shape index (κ1) is 13.7. The van der Waals surface area contributed by atoms with Crippen molar-refractivity contribution < 1.29 is 4.79 Å². The molecular weight excluding hydrogens is 256 g/mol. The number of nitrogens with one attached hydrogen (secondary N) is 1. The van der Waals surface area contributed by atoms with Gasteiger partial charge in [0.05, 0.1) is 6.04 Å². The fourth-order valence-corrected chi connectivity index (χ4v) is 5.48. The molecule has 108 valence electrons. The van der Waals surface area contributed by atoms with Crippen LogP contribution >= 0.6 is 11.8 Å². The quantitative estimate of drug-likeness (QED) is 0.812. The normalized spacial score (nSPS) is 41.3. The molecule has 4 fully saturated rings. The summed E-state index contributed by atoms with van der Waals surface area (Å²) in [6, 6.07) is -0.319. The van der Waals surface area contributed by atoms with Gasteiger partial charge in [-0.1, -0.05) is 0 Å². The first-order chi connectivity index (χ1) is 9.10. The Morgan fingerprint density at radius 3 is 2.26 bits per heavy atom. The number of nitrogens with two attached hydrogens (primary N) is 1. The average Bonchev–Trinajstić information content (AvgIpc) is 2.33. The summed E-state index contributed by atoms with van der Waals surface area (Å²) < 4.78 is 0. The lowest BCUT2D eigenvalue weighted by atomic mass is 9.53. The molecule has 0 spiro atoms. The van der Waals surface area contributed by atoms with Crippen LogP contribution in [0.3, 0.4) is 0 Å². The van der Waals surface area contributed by atoms with Crippen LogP contribution in [0.2, 0.25) is 0 Å². The number of thioether (sulfide) groups is 1. The van der Waals surface area contributed by atoms with Gasteiger partial charge < -0.3 is 11.1 Å². The molecule has 4 bridgehead atoms. The number of amides is 1. The maximum atomic E-state index is 12.3.